The van der Waals surface area contributed by atoms with E-state index in [4.69, 9.17) is 0 Å². The van der Waals surface area contributed by atoms with Crippen molar-refractivity contribution >= 4 is 10.9 Å². The summed E-state index contributed by atoms with van der Waals surface area (Å²) in [6, 6.07) is 8.02. The van der Waals surface area contributed by atoms with E-state index in [2.05, 4.69) is 4.98 Å². The number of hydrogen-bond donors (Lipinski definition) is 2. The molecule has 0 spiro atoms. The second kappa shape index (κ2) is 5.13. The summed E-state index contributed by atoms with van der Waals surface area (Å²) in [6.45, 7) is 0. The van der Waals surface area contributed by atoms with Gasteiger partial charge in [0.25, 0.3) is 0 Å². The Labute approximate surface area is 130 Å². The Bertz CT molecular complexity index is 879. The Hall–Kier alpha value is -2.27. The highest BCUT2D eigenvalue weighted by Gasteiger charge is 2.33. The van der Waals surface area contributed by atoms with Crippen molar-refractivity contribution in [3.8, 4) is 11.3 Å². The van der Waals surface area contributed by atoms with Crippen LogP contribution in [0, 0.1) is 17.5 Å². The second-order valence-corrected chi connectivity index (χ2v) is 6.05. The van der Waals surface area contributed by atoms with E-state index < -0.39 is 11.6 Å². The molecule has 0 aliphatic heterocycles. The molecular weight excluding hydrogens is 303 g/mol. The van der Waals surface area contributed by atoms with Crippen LogP contribution in [0.5, 0.6) is 0 Å². The van der Waals surface area contributed by atoms with Gasteiger partial charge in [-0.15, -0.1) is 0 Å². The first-order chi connectivity index (χ1) is 11.0. The number of nitrogens with one attached hydrogen (secondary N) is 1. The molecule has 118 valence electrons. The molecule has 2 nitrogen and oxygen atoms in total. The molecule has 1 aliphatic carbocycles. The lowest BCUT2D eigenvalue weighted by Crippen LogP contribution is -2.26. The summed E-state index contributed by atoms with van der Waals surface area (Å²) in [4.78, 5) is 3.01. The Morgan fingerprint density at radius 1 is 0.957 bits per heavy atom. The molecule has 1 aliphatic rings. The highest BCUT2D eigenvalue weighted by molar-refractivity contribution is 5.92. The number of aliphatic hydroxyl groups excluding tert-OH is 1. The largest absolute Gasteiger partial charge is 0.393 e. The van der Waals surface area contributed by atoms with Gasteiger partial charge in [0.2, 0.25) is 0 Å². The lowest BCUT2D eigenvalue weighted by atomic mass is 9.76. The molecular formula is C18H14F3NO. The zero-order valence-electron chi connectivity index (χ0n) is 12.1. The third-order valence-electron chi connectivity index (χ3n) is 4.52. The van der Waals surface area contributed by atoms with Crippen LogP contribution in [0.3, 0.4) is 0 Å². The van der Waals surface area contributed by atoms with Gasteiger partial charge in [0.1, 0.15) is 17.5 Å². The quantitative estimate of drug-likeness (QED) is 0.718. The molecule has 23 heavy (non-hydrogen) atoms. The molecule has 1 saturated carbocycles. The molecule has 0 bridgehead atoms. The number of aromatic nitrogens is 1. The monoisotopic (exact) mass is 317 g/mol. The lowest BCUT2D eigenvalue weighted by Gasteiger charge is -2.32. The van der Waals surface area contributed by atoms with Crippen LogP contribution < -0.4 is 0 Å². The average molecular weight is 317 g/mol. The molecule has 2 N–H and O–H groups in total. The van der Waals surface area contributed by atoms with Crippen molar-refractivity contribution in [3.63, 3.8) is 0 Å². The topological polar surface area (TPSA) is 36.0 Å². The molecule has 4 rings (SSSR count). The van der Waals surface area contributed by atoms with Crippen molar-refractivity contribution in [2.45, 2.75) is 24.9 Å². The third kappa shape index (κ3) is 2.32. The number of aromatic amines is 1. The highest BCUT2D eigenvalue weighted by Crippen LogP contribution is 2.45. The normalized spacial score (nSPS) is 20.7. The Morgan fingerprint density at radius 2 is 1.65 bits per heavy atom. The van der Waals surface area contributed by atoms with Crippen LogP contribution in [-0.2, 0) is 0 Å². The van der Waals surface area contributed by atoms with Crippen molar-refractivity contribution < 1.29 is 18.3 Å². The predicted molar refractivity (Wildman–Crippen MR) is 81.6 cm³/mol. The number of fused-ring (bicyclic) bond motifs is 1. The fourth-order valence-electron chi connectivity index (χ4n) is 3.33. The zero-order chi connectivity index (χ0) is 16.1. The Balaban J connectivity index is 1.97. The van der Waals surface area contributed by atoms with Crippen LogP contribution in [0.2, 0.25) is 0 Å². The van der Waals surface area contributed by atoms with E-state index in [0.717, 1.165) is 11.6 Å². The number of rotatable bonds is 2. The van der Waals surface area contributed by atoms with Gasteiger partial charge < -0.3 is 10.1 Å². The smallest absolute Gasteiger partial charge is 0.150 e. The van der Waals surface area contributed by atoms with Gasteiger partial charge in [0.05, 0.1) is 17.3 Å². The van der Waals surface area contributed by atoms with Gasteiger partial charge in [-0.25, -0.2) is 13.2 Å². The van der Waals surface area contributed by atoms with Crippen LogP contribution >= 0.6 is 0 Å². The fraction of sp³-hybridized carbons (Fsp3) is 0.222. The zero-order valence-corrected chi connectivity index (χ0v) is 12.1. The number of H-pyrrole nitrogens is 1. The van der Waals surface area contributed by atoms with Gasteiger partial charge in [0.15, 0.2) is 0 Å². The second-order valence-electron chi connectivity index (χ2n) is 6.05. The van der Waals surface area contributed by atoms with Gasteiger partial charge >= 0.3 is 0 Å². The molecule has 5 heteroatoms. The van der Waals surface area contributed by atoms with E-state index in [-0.39, 0.29) is 23.4 Å². The van der Waals surface area contributed by atoms with E-state index in [1.165, 1.54) is 18.2 Å². The summed E-state index contributed by atoms with van der Waals surface area (Å²) >= 11 is 0. The van der Waals surface area contributed by atoms with Crippen molar-refractivity contribution in [2.24, 2.45) is 0 Å². The third-order valence-corrected chi connectivity index (χ3v) is 4.52. The van der Waals surface area contributed by atoms with E-state index in [1.54, 1.807) is 12.1 Å². The molecule has 0 atom stereocenters. The summed E-state index contributed by atoms with van der Waals surface area (Å²) in [7, 11) is 0. The summed E-state index contributed by atoms with van der Waals surface area (Å²) in [5, 5.41) is 10.1. The maximum absolute atomic E-state index is 14.1. The van der Waals surface area contributed by atoms with E-state index in [0.29, 0.717) is 29.5 Å². The van der Waals surface area contributed by atoms with Gasteiger partial charge in [-0.2, -0.15) is 0 Å². The minimum Gasteiger partial charge on any atom is -0.393 e. The SMILES string of the molecule is O[C@H]1C[C@H](c2c(-c3ccc(F)cc3)[nH]c3c(F)cc(F)cc32)C1. The number of benzene rings is 2. The van der Waals surface area contributed by atoms with Crippen molar-refractivity contribution in [2.75, 3.05) is 0 Å². The molecule has 1 fully saturated rings. The van der Waals surface area contributed by atoms with Gasteiger partial charge in [-0.1, -0.05) is 0 Å². The summed E-state index contributed by atoms with van der Waals surface area (Å²) in [6.07, 6.45) is 0.725. The Morgan fingerprint density at radius 3 is 2.30 bits per heavy atom. The van der Waals surface area contributed by atoms with Crippen molar-refractivity contribution in [3.05, 3.63) is 59.4 Å². The summed E-state index contributed by atoms with van der Waals surface area (Å²) in [5.74, 6) is -1.63. The number of hydrogen-bond acceptors (Lipinski definition) is 1. The molecule has 0 unspecified atom stereocenters. The molecule has 2 aromatic carbocycles. The minimum absolute atomic E-state index is 0.0278. The van der Waals surface area contributed by atoms with Gasteiger partial charge in [-0.3, -0.25) is 0 Å². The highest BCUT2D eigenvalue weighted by atomic mass is 19.1. The van der Waals surface area contributed by atoms with Gasteiger partial charge in [0, 0.05) is 11.5 Å². The maximum atomic E-state index is 14.1. The average Bonchev–Trinajstić information content (AvgIpc) is 2.84. The van der Waals surface area contributed by atoms with E-state index in [9.17, 15) is 18.3 Å². The summed E-state index contributed by atoms with van der Waals surface area (Å²) < 4.78 is 40.9. The van der Waals surface area contributed by atoms with Crippen molar-refractivity contribution in [1.82, 2.24) is 4.98 Å². The van der Waals surface area contributed by atoms with Crippen LogP contribution in [-0.4, -0.2) is 16.2 Å². The van der Waals surface area contributed by atoms with Crippen LogP contribution in [0.25, 0.3) is 22.2 Å². The first kappa shape index (κ1) is 14.3. The molecule has 0 saturated heterocycles. The molecule has 0 radical (unpaired) electrons. The number of halogens is 3. The van der Waals surface area contributed by atoms with Crippen LogP contribution in [0.4, 0.5) is 13.2 Å². The fourth-order valence-corrected chi connectivity index (χ4v) is 3.33. The Kier molecular flexibility index (Phi) is 3.20. The maximum Gasteiger partial charge on any atom is 0.150 e. The van der Waals surface area contributed by atoms with Crippen LogP contribution in [0.15, 0.2) is 36.4 Å². The van der Waals surface area contributed by atoms with Crippen molar-refractivity contribution in [1.29, 1.82) is 0 Å². The standard InChI is InChI=1S/C18H14F3NO/c19-11-3-1-9(2-4-11)17-16(10-5-13(23)6-10)14-7-12(20)8-15(21)18(14)22-17/h1-4,7-8,10,13,22-23H,5-6H2/t10-,13-. The van der Waals surface area contributed by atoms with E-state index in [1.807, 2.05) is 0 Å². The first-order valence-electron chi connectivity index (χ1n) is 7.47. The summed E-state index contributed by atoms with van der Waals surface area (Å²) in [5.41, 5.74) is 2.39. The molecule has 3 aromatic rings. The lowest BCUT2D eigenvalue weighted by molar-refractivity contribution is 0.0753. The minimum atomic E-state index is -0.658. The predicted octanol–water partition coefficient (Wildman–Crippen LogP) is 4.49. The number of aliphatic hydroxyl groups is 1. The molecule has 0 amide bonds. The first-order valence-corrected chi connectivity index (χ1v) is 7.47. The van der Waals surface area contributed by atoms with Crippen LogP contribution in [0.1, 0.15) is 24.3 Å². The molecule has 1 heterocycles. The molecule has 1 aromatic heterocycles. The van der Waals surface area contributed by atoms with E-state index >= 15 is 0 Å². The van der Waals surface area contributed by atoms with Gasteiger partial charge in [-0.05, 0) is 60.2 Å².